The van der Waals surface area contributed by atoms with Crippen molar-refractivity contribution >= 4 is 31.9 Å². The Hall–Kier alpha value is -1.81. The second-order valence-corrected chi connectivity index (χ2v) is 9.23. The number of morpholine rings is 1. The molecule has 1 aliphatic rings. The quantitative estimate of drug-likeness (QED) is 0.703. The molecule has 0 bridgehead atoms. The molecule has 9 heteroatoms. The first-order valence-electron chi connectivity index (χ1n) is 8.72. The maximum atomic E-state index is 13.9. The van der Waals surface area contributed by atoms with Crippen molar-refractivity contribution in [2.75, 3.05) is 26.3 Å². The highest BCUT2D eigenvalue weighted by atomic mass is 79.9. The smallest absolute Gasteiger partial charge is 0.254 e. The average Bonchev–Trinajstić information content (AvgIpc) is 2.67. The molecule has 0 aliphatic carbocycles. The Kier molecular flexibility index (Phi) is 6.82. The fraction of sp³-hybridized carbons (Fsp3) is 0.316. The van der Waals surface area contributed by atoms with Gasteiger partial charge in [0.05, 0.1) is 24.5 Å². The first-order chi connectivity index (χ1) is 13.4. The van der Waals surface area contributed by atoms with Crippen molar-refractivity contribution in [2.24, 2.45) is 0 Å². The molecule has 28 heavy (non-hydrogen) atoms. The number of carbonyl (C=O) groups is 1. The van der Waals surface area contributed by atoms with Gasteiger partial charge in [0.15, 0.2) is 0 Å². The number of halogens is 2. The predicted octanol–water partition coefficient (Wildman–Crippen LogP) is 2.68. The van der Waals surface area contributed by atoms with Crippen LogP contribution in [-0.2, 0) is 27.1 Å². The molecule has 0 saturated carbocycles. The highest BCUT2D eigenvalue weighted by Gasteiger charge is 2.25. The van der Waals surface area contributed by atoms with Crippen LogP contribution < -0.4 is 5.32 Å². The van der Waals surface area contributed by atoms with Crippen molar-refractivity contribution in [1.29, 1.82) is 0 Å². The number of nitrogens with zero attached hydrogens (tertiary/aromatic N) is 1. The van der Waals surface area contributed by atoms with Crippen LogP contribution in [0.25, 0.3) is 0 Å². The summed E-state index contributed by atoms with van der Waals surface area (Å²) in [6.45, 7) is 1.54. The molecule has 0 spiro atoms. The van der Waals surface area contributed by atoms with Gasteiger partial charge in [-0.05, 0) is 29.3 Å². The summed E-state index contributed by atoms with van der Waals surface area (Å²) >= 11 is 3.15. The SMILES string of the molecule is O=C(NCc1ccccc1CS(=O)(=O)N1CCOCC1)c1ccc(Br)cc1F. The van der Waals surface area contributed by atoms with Gasteiger partial charge < -0.3 is 10.1 Å². The van der Waals surface area contributed by atoms with E-state index in [0.29, 0.717) is 41.9 Å². The van der Waals surface area contributed by atoms with Crippen LogP contribution in [0.5, 0.6) is 0 Å². The summed E-state index contributed by atoms with van der Waals surface area (Å²) in [6.07, 6.45) is 0. The van der Waals surface area contributed by atoms with Crippen molar-refractivity contribution in [3.8, 4) is 0 Å². The lowest BCUT2D eigenvalue weighted by Gasteiger charge is -2.26. The monoisotopic (exact) mass is 470 g/mol. The highest BCUT2D eigenvalue weighted by Crippen LogP contribution is 2.18. The Morgan fingerprint density at radius 3 is 2.50 bits per heavy atom. The normalized spacial score (nSPS) is 15.4. The third kappa shape index (κ3) is 5.16. The van der Waals surface area contributed by atoms with Gasteiger partial charge >= 0.3 is 0 Å². The van der Waals surface area contributed by atoms with Gasteiger partial charge in [0.1, 0.15) is 5.82 Å². The van der Waals surface area contributed by atoms with Crippen LogP contribution in [0.3, 0.4) is 0 Å². The van der Waals surface area contributed by atoms with E-state index in [2.05, 4.69) is 21.2 Å². The van der Waals surface area contributed by atoms with Crippen LogP contribution in [0.15, 0.2) is 46.9 Å². The number of benzene rings is 2. The van der Waals surface area contributed by atoms with E-state index in [1.807, 2.05) is 0 Å². The molecule has 1 fully saturated rings. The number of nitrogens with one attached hydrogen (secondary N) is 1. The molecule has 0 radical (unpaired) electrons. The summed E-state index contributed by atoms with van der Waals surface area (Å²) < 4.78 is 46.5. The Balaban J connectivity index is 1.71. The number of hydrogen-bond donors (Lipinski definition) is 1. The summed E-state index contributed by atoms with van der Waals surface area (Å²) in [5, 5.41) is 2.66. The Morgan fingerprint density at radius 2 is 1.82 bits per heavy atom. The van der Waals surface area contributed by atoms with Crippen LogP contribution in [0.4, 0.5) is 4.39 Å². The molecule has 1 saturated heterocycles. The number of sulfonamides is 1. The van der Waals surface area contributed by atoms with Crippen molar-refractivity contribution in [2.45, 2.75) is 12.3 Å². The minimum Gasteiger partial charge on any atom is -0.379 e. The van der Waals surface area contributed by atoms with E-state index in [-0.39, 0.29) is 17.9 Å². The standard InChI is InChI=1S/C19H20BrFN2O4S/c20-16-5-6-17(18(21)11-16)19(24)22-12-14-3-1-2-4-15(14)13-28(25,26)23-7-9-27-10-8-23/h1-6,11H,7-10,12-13H2,(H,22,24). The van der Waals surface area contributed by atoms with E-state index in [0.717, 1.165) is 0 Å². The zero-order valence-corrected chi connectivity index (χ0v) is 17.4. The summed E-state index contributed by atoms with van der Waals surface area (Å²) in [5.41, 5.74) is 1.21. The van der Waals surface area contributed by atoms with Gasteiger partial charge in [-0.15, -0.1) is 0 Å². The predicted molar refractivity (Wildman–Crippen MR) is 107 cm³/mol. The largest absolute Gasteiger partial charge is 0.379 e. The molecule has 1 aliphatic heterocycles. The maximum Gasteiger partial charge on any atom is 0.254 e. The van der Waals surface area contributed by atoms with Gasteiger partial charge in [0.2, 0.25) is 10.0 Å². The Morgan fingerprint density at radius 1 is 1.14 bits per heavy atom. The van der Waals surface area contributed by atoms with Crippen molar-refractivity contribution in [3.05, 3.63) is 69.4 Å². The van der Waals surface area contributed by atoms with Crippen LogP contribution >= 0.6 is 15.9 Å². The Labute approximate surface area is 171 Å². The summed E-state index contributed by atoms with van der Waals surface area (Å²) in [7, 11) is -3.49. The first kappa shape index (κ1) is 20.9. The summed E-state index contributed by atoms with van der Waals surface area (Å²) in [4.78, 5) is 12.3. The molecule has 2 aromatic rings. The zero-order chi connectivity index (χ0) is 20.1. The number of ether oxygens (including phenoxy) is 1. The third-order valence-corrected chi connectivity index (χ3v) is 6.76. The zero-order valence-electron chi connectivity index (χ0n) is 15.0. The van der Waals surface area contributed by atoms with E-state index < -0.39 is 21.7 Å². The van der Waals surface area contributed by atoms with Gasteiger partial charge in [-0.25, -0.2) is 12.8 Å². The number of amides is 1. The van der Waals surface area contributed by atoms with E-state index in [9.17, 15) is 17.6 Å². The van der Waals surface area contributed by atoms with Crippen molar-refractivity contribution in [3.63, 3.8) is 0 Å². The molecule has 150 valence electrons. The van der Waals surface area contributed by atoms with Gasteiger partial charge in [0, 0.05) is 24.1 Å². The van der Waals surface area contributed by atoms with Crippen LogP contribution in [-0.4, -0.2) is 44.9 Å². The fourth-order valence-electron chi connectivity index (χ4n) is 2.93. The minimum atomic E-state index is -3.49. The molecule has 1 amide bonds. The molecule has 6 nitrogen and oxygen atoms in total. The molecule has 0 unspecified atom stereocenters. The number of hydrogen-bond acceptors (Lipinski definition) is 4. The highest BCUT2D eigenvalue weighted by molar-refractivity contribution is 9.10. The second-order valence-electron chi connectivity index (χ2n) is 6.34. The van der Waals surface area contributed by atoms with Gasteiger partial charge in [-0.3, -0.25) is 4.79 Å². The van der Waals surface area contributed by atoms with Crippen LogP contribution in [0, 0.1) is 5.82 Å². The van der Waals surface area contributed by atoms with Crippen LogP contribution in [0.1, 0.15) is 21.5 Å². The topological polar surface area (TPSA) is 75.7 Å². The lowest BCUT2D eigenvalue weighted by Crippen LogP contribution is -2.41. The molecule has 0 aromatic heterocycles. The van der Waals surface area contributed by atoms with Gasteiger partial charge in [-0.1, -0.05) is 40.2 Å². The fourth-order valence-corrected chi connectivity index (χ4v) is 4.82. The van der Waals surface area contributed by atoms with Crippen LogP contribution in [0.2, 0.25) is 0 Å². The molecular formula is C19H20BrFN2O4S. The third-order valence-electron chi connectivity index (χ3n) is 4.43. The van der Waals surface area contributed by atoms with Gasteiger partial charge in [-0.2, -0.15) is 4.31 Å². The summed E-state index contributed by atoms with van der Waals surface area (Å²) in [6, 6.07) is 11.2. The van der Waals surface area contributed by atoms with Crippen molar-refractivity contribution in [1.82, 2.24) is 9.62 Å². The molecule has 1 heterocycles. The second kappa shape index (κ2) is 9.13. The molecule has 2 aromatic carbocycles. The van der Waals surface area contributed by atoms with E-state index >= 15 is 0 Å². The van der Waals surface area contributed by atoms with E-state index in [4.69, 9.17) is 4.74 Å². The Bertz CT molecular complexity index is 962. The van der Waals surface area contributed by atoms with Gasteiger partial charge in [0.25, 0.3) is 5.91 Å². The first-order valence-corrected chi connectivity index (χ1v) is 11.1. The van der Waals surface area contributed by atoms with E-state index in [1.54, 1.807) is 30.3 Å². The minimum absolute atomic E-state index is 0.0679. The lowest BCUT2D eigenvalue weighted by molar-refractivity contribution is 0.0729. The molecular weight excluding hydrogens is 451 g/mol. The van der Waals surface area contributed by atoms with Crippen molar-refractivity contribution < 1.29 is 22.3 Å². The lowest BCUT2D eigenvalue weighted by atomic mass is 10.1. The molecule has 1 N–H and O–H groups in total. The average molecular weight is 471 g/mol. The molecule has 0 atom stereocenters. The van der Waals surface area contributed by atoms with E-state index in [1.165, 1.54) is 16.4 Å². The number of carbonyl (C=O) groups excluding carboxylic acids is 1. The molecule has 3 rings (SSSR count). The summed E-state index contributed by atoms with van der Waals surface area (Å²) in [5.74, 6) is -1.35. The number of rotatable bonds is 6. The maximum absolute atomic E-state index is 13.9.